The van der Waals surface area contributed by atoms with Crippen LogP contribution in [0, 0.1) is 0 Å². The van der Waals surface area contributed by atoms with Gasteiger partial charge >= 0.3 is 0 Å². The second-order valence-electron chi connectivity index (χ2n) is 5.99. The summed E-state index contributed by atoms with van der Waals surface area (Å²) < 4.78 is 1.65. The van der Waals surface area contributed by atoms with Crippen LogP contribution in [-0.4, -0.2) is 34.3 Å². The molecule has 26 heavy (non-hydrogen) atoms. The van der Waals surface area contributed by atoms with Gasteiger partial charge in [-0.15, -0.1) is 0 Å². The average Bonchev–Trinajstić information content (AvgIpc) is 3.07. The lowest BCUT2D eigenvalue weighted by atomic mass is 10.1. The van der Waals surface area contributed by atoms with Crippen LogP contribution in [0.4, 0.5) is 0 Å². The maximum atomic E-state index is 12.6. The highest BCUT2D eigenvalue weighted by Gasteiger charge is 2.20. The van der Waals surface area contributed by atoms with Crippen molar-refractivity contribution in [1.82, 2.24) is 20.0 Å². The van der Waals surface area contributed by atoms with E-state index >= 15 is 0 Å². The van der Waals surface area contributed by atoms with Gasteiger partial charge in [0.05, 0.1) is 5.52 Å². The van der Waals surface area contributed by atoms with Gasteiger partial charge in [0.25, 0.3) is 11.8 Å². The molecule has 134 valence electrons. The van der Waals surface area contributed by atoms with Crippen LogP contribution in [0.3, 0.4) is 0 Å². The van der Waals surface area contributed by atoms with Crippen LogP contribution in [0.5, 0.6) is 0 Å². The van der Waals surface area contributed by atoms with E-state index in [1.165, 1.54) is 0 Å². The van der Waals surface area contributed by atoms with E-state index in [-0.39, 0.29) is 23.3 Å². The van der Waals surface area contributed by atoms with E-state index in [4.69, 9.17) is 0 Å². The van der Waals surface area contributed by atoms with Crippen molar-refractivity contribution in [3.05, 3.63) is 71.8 Å². The Labute approximate surface area is 152 Å². The molecule has 0 saturated heterocycles. The molecule has 2 N–H and O–H groups in total. The number of fused-ring (bicyclic) bond motifs is 1. The van der Waals surface area contributed by atoms with Crippen molar-refractivity contribution in [2.75, 3.05) is 13.1 Å². The molecular weight excluding hydrogens is 328 g/mol. The predicted molar refractivity (Wildman–Crippen MR) is 100 cm³/mol. The summed E-state index contributed by atoms with van der Waals surface area (Å²) in [6.07, 6.45) is 3.31. The number of hydrogen-bond acceptors (Lipinski definition) is 3. The van der Waals surface area contributed by atoms with E-state index in [1.807, 2.05) is 49.4 Å². The summed E-state index contributed by atoms with van der Waals surface area (Å²) in [5, 5.41) is 5.69. The molecule has 0 aliphatic rings. The Morgan fingerprint density at radius 1 is 0.962 bits per heavy atom. The molecule has 0 aliphatic heterocycles. The van der Waals surface area contributed by atoms with Crippen molar-refractivity contribution in [2.45, 2.75) is 19.8 Å². The number of benzene rings is 1. The summed E-state index contributed by atoms with van der Waals surface area (Å²) in [4.78, 5) is 29.2. The molecule has 0 aliphatic carbocycles. The first kappa shape index (κ1) is 17.7. The summed E-state index contributed by atoms with van der Waals surface area (Å²) in [7, 11) is 0. The number of aromatic nitrogens is 2. The van der Waals surface area contributed by atoms with E-state index in [2.05, 4.69) is 15.6 Å². The number of carbonyl (C=O) groups excluding carboxylic acids is 2. The summed E-state index contributed by atoms with van der Waals surface area (Å²) in [6.45, 7) is 3.06. The zero-order chi connectivity index (χ0) is 18.4. The highest BCUT2D eigenvalue weighted by atomic mass is 16.2. The molecule has 2 aromatic heterocycles. The number of rotatable bonds is 7. The van der Waals surface area contributed by atoms with E-state index in [1.54, 1.807) is 16.7 Å². The minimum atomic E-state index is -0.281. The van der Waals surface area contributed by atoms with Gasteiger partial charge in [-0.1, -0.05) is 43.3 Å². The van der Waals surface area contributed by atoms with E-state index in [0.29, 0.717) is 18.6 Å². The molecule has 6 heteroatoms. The molecular formula is C20H22N4O2. The lowest BCUT2D eigenvalue weighted by Crippen LogP contribution is -2.27. The van der Waals surface area contributed by atoms with Crippen LogP contribution in [0.1, 0.15) is 40.0 Å². The maximum absolute atomic E-state index is 12.6. The first-order chi connectivity index (χ1) is 12.7. The fourth-order valence-electron chi connectivity index (χ4n) is 2.73. The Hall–Kier alpha value is -3.15. The van der Waals surface area contributed by atoms with Gasteiger partial charge in [0, 0.05) is 19.3 Å². The second kappa shape index (κ2) is 8.29. The molecule has 1 aromatic carbocycles. The number of pyridine rings is 1. The Morgan fingerprint density at radius 2 is 1.69 bits per heavy atom. The minimum Gasteiger partial charge on any atom is -0.350 e. The normalized spacial score (nSPS) is 10.7. The third-order valence-electron chi connectivity index (χ3n) is 4.04. The molecule has 0 spiro atoms. The van der Waals surface area contributed by atoms with Crippen molar-refractivity contribution in [3.63, 3.8) is 0 Å². The molecule has 3 rings (SSSR count). The third-order valence-corrected chi connectivity index (χ3v) is 4.04. The van der Waals surface area contributed by atoms with E-state index in [0.717, 1.165) is 18.4 Å². The first-order valence-electron chi connectivity index (χ1n) is 8.78. The molecule has 0 saturated carbocycles. The van der Waals surface area contributed by atoms with Gasteiger partial charge in [-0.25, -0.2) is 4.98 Å². The third kappa shape index (κ3) is 3.91. The van der Waals surface area contributed by atoms with E-state index in [9.17, 15) is 9.59 Å². The number of hydrogen-bond donors (Lipinski definition) is 2. The zero-order valence-electron chi connectivity index (χ0n) is 14.7. The molecule has 6 nitrogen and oxygen atoms in total. The average molecular weight is 350 g/mol. The summed E-state index contributed by atoms with van der Waals surface area (Å²) in [5.74, 6) is -0.335. The lowest BCUT2D eigenvalue weighted by Gasteiger charge is -2.04. The second-order valence-corrected chi connectivity index (χ2v) is 5.99. The minimum absolute atomic E-state index is 0.224. The summed E-state index contributed by atoms with van der Waals surface area (Å²) >= 11 is 0. The predicted octanol–water partition coefficient (Wildman–Crippen LogP) is 2.45. The fraction of sp³-hybridized carbons (Fsp3) is 0.250. The van der Waals surface area contributed by atoms with Crippen molar-refractivity contribution < 1.29 is 9.59 Å². The quantitative estimate of drug-likeness (QED) is 0.687. The first-order valence-corrected chi connectivity index (χ1v) is 8.78. The molecule has 0 fully saturated rings. The summed E-state index contributed by atoms with van der Waals surface area (Å²) in [6, 6.07) is 15.4. The number of nitrogens with zero attached hydrogens (tertiary/aromatic N) is 2. The Kier molecular flexibility index (Phi) is 5.63. The Balaban J connectivity index is 1.76. The molecule has 0 atom stereocenters. The van der Waals surface area contributed by atoms with E-state index < -0.39 is 0 Å². The van der Waals surface area contributed by atoms with Gasteiger partial charge in [-0.05, 0) is 30.5 Å². The van der Waals surface area contributed by atoms with Gasteiger partial charge in [0.1, 0.15) is 0 Å². The Bertz CT molecular complexity index is 903. The molecule has 3 aromatic rings. The van der Waals surface area contributed by atoms with Gasteiger partial charge in [0.2, 0.25) is 5.82 Å². The van der Waals surface area contributed by atoms with Gasteiger partial charge < -0.3 is 10.6 Å². The largest absolute Gasteiger partial charge is 0.350 e. The number of amides is 2. The maximum Gasteiger partial charge on any atom is 0.287 e. The van der Waals surface area contributed by atoms with Crippen LogP contribution >= 0.6 is 0 Å². The standard InChI is InChI=1S/C20H22N4O2/c1-2-12-21-20(26)18-23-17(16-10-6-7-14-24(16)18)19(25)22-13-11-15-8-4-3-5-9-15/h3-10,14H,2,11-13H2,1H3,(H,21,26)(H,22,25). The van der Waals surface area contributed by atoms with Crippen molar-refractivity contribution in [3.8, 4) is 0 Å². The fourth-order valence-corrected chi connectivity index (χ4v) is 2.73. The van der Waals surface area contributed by atoms with Gasteiger partial charge in [0.15, 0.2) is 5.69 Å². The van der Waals surface area contributed by atoms with Gasteiger partial charge in [-0.2, -0.15) is 0 Å². The summed E-state index contributed by atoms with van der Waals surface area (Å²) in [5.41, 5.74) is 2.04. The Morgan fingerprint density at radius 3 is 2.46 bits per heavy atom. The number of imidazole rings is 1. The van der Waals surface area contributed by atoms with Crippen molar-refractivity contribution >= 4 is 17.3 Å². The highest BCUT2D eigenvalue weighted by Crippen LogP contribution is 2.13. The zero-order valence-corrected chi connectivity index (χ0v) is 14.7. The highest BCUT2D eigenvalue weighted by molar-refractivity contribution is 6.02. The number of carbonyl (C=O) groups is 2. The molecule has 2 amide bonds. The number of nitrogens with one attached hydrogen (secondary N) is 2. The SMILES string of the molecule is CCCNC(=O)c1nc(C(=O)NCCc2ccccc2)c2ccccn12. The topological polar surface area (TPSA) is 75.5 Å². The molecule has 0 unspecified atom stereocenters. The smallest absolute Gasteiger partial charge is 0.287 e. The lowest BCUT2D eigenvalue weighted by molar-refractivity contribution is 0.0942. The monoisotopic (exact) mass is 350 g/mol. The van der Waals surface area contributed by atoms with Crippen molar-refractivity contribution in [2.24, 2.45) is 0 Å². The van der Waals surface area contributed by atoms with Crippen LogP contribution in [0.15, 0.2) is 54.7 Å². The molecule has 0 bridgehead atoms. The molecule has 2 heterocycles. The van der Waals surface area contributed by atoms with Crippen LogP contribution < -0.4 is 10.6 Å². The van der Waals surface area contributed by atoms with Gasteiger partial charge in [-0.3, -0.25) is 14.0 Å². The van der Waals surface area contributed by atoms with Crippen LogP contribution in [0.2, 0.25) is 0 Å². The molecule has 0 radical (unpaired) electrons. The van der Waals surface area contributed by atoms with Crippen molar-refractivity contribution in [1.29, 1.82) is 0 Å². The van der Waals surface area contributed by atoms with Crippen LogP contribution in [-0.2, 0) is 6.42 Å². The van der Waals surface area contributed by atoms with Crippen LogP contribution in [0.25, 0.3) is 5.52 Å².